The van der Waals surface area contributed by atoms with Gasteiger partial charge in [0, 0.05) is 10.5 Å². The summed E-state index contributed by atoms with van der Waals surface area (Å²) >= 11 is 4.38. The molecule has 3 rings (SSSR count). The largest absolute Gasteiger partial charge is 0.431 e. The number of hydrogen-bond donors (Lipinski definition) is 2. The molecule has 100 valence electrons. The molecule has 4 heteroatoms. The third-order valence-corrected chi connectivity index (χ3v) is 3.39. The number of anilines is 2. The van der Waals surface area contributed by atoms with Crippen molar-refractivity contribution in [3.8, 4) is 11.3 Å². The van der Waals surface area contributed by atoms with E-state index < -0.39 is 0 Å². The van der Waals surface area contributed by atoms with E-state index in [1.165, 1.54) is 5.56 Å². The van der Waals surface area contributed by atoms with Gasteiger partial charge in [0.1, 0.15) is 12.0 Å². The van der Waals surface area contributed by atoms with Crippen LogP contribution in [-0.2, 0) is 0 Å². The maximum atomic E-state index is 5.45. The second kappa shape index (κ2) is 5.43. The molecule has 0 fully saturated rings. The SMILES string of the molecule is Cc1ccc(-c2coc(Nc3ccccc3S)n2)cc1. The Morgan fingerprint density at radius 1 is 1.05 bits per heavy atom. The molecule has 0 unspecified atom stereocenters. The molecule has 1 N–H and O–H groups in total. The number of para-hydroxylation sites is 1. The minimum Gasteiger partial charge on any atom is -0.431 e. The molecule has 2 aromatic carbocycles. The van der Waals surface area contributed by atoms with Gasteiger partial charge in [-0.05, 0) is 19.1 Å². The molecule has 0 saturated carbocycles. The highest BCUT2D eigenvalue weighted by molar-refractivity contribution is 7.80. The molecule has 3 nitrogen and oxygen atoms in total. The molecule has 0 saturated heterocycles. The van der Waals surface area contributed by atoms with Crippen LogP contribution in [0.3, 0.4) is 0 Å². The fourth-order valence-corrected chi connectivity index (χ4v) is 2.10. The van der Waals surface area contributed by atoms with Crippen molar-refractivity contribution in [2.45, 2.75) is 11.8 Å². The van der Waals surface area contributed by atoms with Gasteiger partial charge in [-0.1, -0.05) is 42.0 Å². The standard InChI is InChI=1S/C16H14N2OS/c1-11-6-8-12(9-7-11)14-10-19-16(18-14)17-13-4-2-3-5-15(13)20/h2-10,20H,1H3,(H,17,18). The summed E-state index contributed by atoms with van der Waals surface area (Å²) in [5.74, 6) is 0. The zero-order chi connectivity index (χ0) is 13.9. The second-order valence-electron chi connectivity index (χ2n) is 4.55. The Kier molecular flexibility index (Phi) is 3.48. The maximum Gasteiger partial charge on any atom is 0.299 e. The van der Waals surface area contributed by atoms with Crippen molar-refractivity contribution in [2.75, 3.05) is 5.32 Å². The van der Waals surface area contributed by atoms with E-state index in [4.69, 9.17) is 4.42 Å². The summed E-state index contributed by atoms with van der Waals surface area (Å²) in [5, 5.41) is 3.12. The number of nitrogens with one attached hydrogen (secondary N) is 1. The molecule has 0 aliphatic carbocycles. The van der Waals surface area contributed by atoms with E-state index in [1.807, 2.05) is 36.4 Å². The predicted octanol–water partition coefficient (Wildman–Crippen LogP) is 4.68. The fraction of sp³-hybridized carbons (Fsp3) is 0.0625. The third kappa shape index (κ3) is 2.70. The average Bonchev–Trinajstić information content (AvgIpc) is 2.91. The Morgan fingerprint density at radius 3 is 2.55 bits per heavy atom. The van der Waals surface area contributed by atoms with Crippen molar-refractivity contribution in [1.29, 1.82) is 0 Å². The molecular formula is C16H14N2OS. The summed E-state index contributed by atoms with van der Waals surface area (Å²) in [6.07, 6.45) is 1.65. The first-order valence-corrected chi connectivity index (χ1v) is 6.75. The van der Waals surface area contributed by atoms with Gasteiger partial charge in [0.15, 0.2) is 0 Å². The van der Waals surface area contributed by atoms with Crippen LogP contribution in [0.1, 0.15) is 5.56 Å². The van der Waals surface area contributed by atoms with Crippen molar-refractivity contribution in [3.05, 3.63) is 60.4 Å². The summed E-state index contributed by atoms with van der Waals surface area (Å²) in [4.78, 5) is 5.28. The van der Waals surface area contributed by atoms with Crippen LogP contribution in [0.25, 0.3) is 11.3 Å². The van der Waals surface area contributed by atoms with Gasteiger partial charge in [-0.2, -0.15) is 4.98 Å². The molecule has 20 heavy (non-hydrogen) atoms. The van der Waals surface area contributed by atoms with Gasteiger partial charge < -0.3 is 9.73 Å². The van der Waals surface area contributed by atoms with Crippen molar-refractivity contribution >= 4 is 24.3 Å². The van der Waals surface area contributed by atoms with E-state index in [0.717, 1.165) is 21.8 Å². The number of benzene rings is 2. The number of thiol groups is 1. The Labute approximate surface area is 123 Å². The van der Waals surface area contributed by atoms with E-state index >= 15 is 0 Å². The average molecular weight is 282 g/mol. The minimum atomic E-state index is 0.460. The Hall–Kier alpha value is -2.20. The number of aryl methyl sites for hydroxylation is 1. The van der Waals surface area contributed by atoms with Gasteiger partial charge in [-0.3, -0.25) is 0 Å². The molecule has 3 aromatic rings. The summed E-state index contributed by atoms with van der Waals surface area (Å²) in [6, 6.07) is 16.3. The summed E-state index contributed by atoms with van der Waals surface area (Å²) in [5.41, 5.74) is 3.93. The molecule has 0 radical (unpaired) electrons. The van der Waals surface area contributed by atoms with Crippen molar-refractivity contribution in [1.82, 2.24) is 4.98 Å². The first-order valence-electron chi connectivity index (χ1n) is 6.30. The summed E-state index contributed by atoms with van der Waals surface area (Å²) < 4.78 is 5.45. The highest BCUT2D eigenvalue weighted by Gasteiger charge is 2.07. The number of rotatable bonds is 3. The van der Waals surface area contributed by atoms with Crippen molar-refractivity contribution in [2.24, 2.45) is 0 Å². The lowest BCUT2D eigenvalue weighted by atomic mass is 10.1. The van der Waals surface area contributed by atoms with Crippen LogP contribution in [-0.4, -0.2) is 4.98 Å². The molecule has 0 aliphatic rings. The predicted molar refractivity (Wildman–Crippen MR) is 83.7 cm³/mol. The lowest BCUT2D eigenvalue weighted by Crippen LogP contribution is -1.91. The van der Waals surface area contributed by atoms with Crippen LogP contribution in [0, 0.1) is 6.92 Å². The van der Waals surface area contributed by atoms with Crippen LogP contribution >= 0.6 is 12.6 Å². The lowest BCUT2D eigenvalue weighted by Gasteiger charge is -2.03. The Balaban J connectivity index is 1.84. The first kappa shape index (κ1) is 12.8. The zero-order valence-electron chi connectivity index (χ0n) is 11.0. The number of nitrogens with zero attached hydrogens (tertiary/aromatic N) is 1. The normalized spacial score (nSPS) is 10.5. The zero-order valence-corrected chi connectivity index (χ0v) is 11.9. The molecule has 0 spiro atoms. The van der Waals surface area contributed by atoms with Crippen LogP contribution in [0.4, 0.5) is 11.7 Å². The quantitative estimate of drug-likeness (QED) is 0.685. The molecular weight excluding hydrogens is 268 g/mol. The first-order chi connectivity index (χ1) is 9.72. The van der Waals surface area contributed by atoms with E-state index in [1.54, 1.807) is 6.26 Å². The molecule has 1 heterocycles. The highest BCUT2D eigenvalue weighted by atomic mass is 32.1. The highest BCUT2D eigenvalue weighted by Crippen LogP contribution is 2.26. The van der Waals surface area contributed by atoms with Crippen LogP contribution in [0.15, 0.2) is 64.1 Å². The molecule has 0 atom stereocenters. The number of oxazole rings is 1. The van der Waals surface area contributed by atoms with Gasteiger partial charge in [0.05, 0.1) is 5.69 Å². The monoisotopic (exact) mass is 282 g/mol. The van der Waals surface area contributed by atoms with Gasteiger partial charge in [-0.15, -0.1) is 12.6 Å². The van der Waals surface area contributed by atoms with Crippen molar-refractivity contribution in [3.63, 3.8) is 0 Å². The lowest BCUT2D eigenvalue weighted by molar-refractivity contribution is 0.578. The Bertz CT molecular complexity index is 719. The number of aromatic nitrogens is 1. The Morgan fingerprint density at radius 2 is 1.80 bits per heavy atom. The molecule has 0 bridgehead atoms. The van der Waals surface area contributed by atoms with E-state index in [-0.39, 0.29) is 0 Å². The van der Waals surface area contributed by atoms with E-state index in [2.05, 4.69) is 42.0 Å². The van der Waals surface area contributed by atoms with E-state index in [9.17, 15) is 0 Å². The minimum absolute atomic E-state index is 0.460. The van der Waals surface area contributed by atoms with Crippen LogP contribution in [0.2, 0.25) is 0 Å². The van der Waals surface area contributed by atoms with Gasteiger partial charge in [0.2, 0.25) is 0 Å². The third-order valence-electron chi connectivity index (χ3n) is 3.00. The molecule has 0 amide bonds. The molecule has 0 aliphatic heterocycles. The molecule has 1 aromatic heterocycles. The summed E-state index contributed by atoms with van der Waals surface area (Å²) in [6.45, 7) is 2.06. The van der Waals surface area contributed by atoms with Gasteiger partial charge in [0.25, 0.3) is 6.01 Å². The van der Waals surface area contributed by atoms with E-state index in [0.29, 0.717) is 6.01 Å². The maximum absolute atomic E-state index is 5.45. The number of hydrogen-bond acceptors (Lipinski definition) is 4. The topological polar surface area (TPSA) is 38.1 Å². The van der Waals surface area contributed by atoms with Gasteiger partial charge >= 0.3 is 0 Å². The second-order valence-corrected chi connectivity index (χ2v) is 5.03. The van der Waals surface area contributed by atoms with Crippen LogP contribution < -0.4 is 5.32 Å². The van der Waals surface area contributed by atoms with Gasteiger partial charge in [-0.25, -0.2) is 0 Å². The van der Waals surface area contributed by atoms with Crippen LogP contribution in [0.5, 0.6) is 0 Å². The smallest absolute Gasteiger partial charge is 0.299 e. The fourth-order valence-electron chi connectivity index (χ4n) is 1.88. The summed E-state index contributed by atoms with van der Waals surface area (Å²) in [7, 11) is 0. The van der Waals surface area contributed by atoms with Crippen molar-refractivity contribution < 1.29 is 4.42 Å².